The van der Waals surface area contributed by atoms with Crippen LogP contribution in [0, 0.1) is 10.1 Å². The SMILES string of the molecule is O=C(OCC(=O)N1CCN(c2ccc([N+](=O)[O-])cc2)CC1)C1CCCN1C(=O)c1ccco1. The van der Waals surface area contributed by atoms with Crippen molar-refractivity contribution in [3.63, 3.8) is 0 Å². The lowest BCUT2D eigenvalue weighted by Gasteiger charge is -2.36. The van der Waals surface area contributed by atoms with Crippen LogP contribution >= 0.6 is 0 Å². The number of benzene rings is 1. The van der Waals surface area contributed by atoms with Gasteiger partial charge in [0, 0.05) is 50.5 Å². The molecular weight excluding hydrogens is 432 g/mol. The lowest BCUT2D eigenvalue weighted by atomic mass is 10.2. The number of nitro groups is 1. The summed E-state index contributed by atoms with van der Waals surface area (Å²) in [7, 11) is 0. The average Bonchev–Trinajstić information content (AvgIpc) is 3.55. The molecule has 0 aliphatic carbocycles. The zero-order valence-corrected chi connectivity index (χ0v) is 17.9. The summed E-state index contributed by atoms with van der Waals surface area (Å²) in [5, 5.41) is 10.8. The second-order valence-electron chi connectivity index (χ2n) is 7.88. The monoisotopic (exact) mass is 456 g/mol. The molecule has 2 aliphatic heterocycles. The van der Waals surface area contributed by atoms with Gasteiger partial charge in [-0.3, -0.25) is 19.7 Å². The maximum Gasteiger partial charge on any atom is 0.329 e. The maximum atomic E-state index is 12.6. The van der Waals surface area contributed by atoms with E-state index in [1.54, 1.807) is 29.2 Å². The van der Waals surface area contributed by atoms with Crippen molar-refractivity contribution in [2.75, 3.05) is 44.2 Å². The molecule has 0 saturated carbocycles. The van der Waals surface area contributed by atoms with E-state index in [1.165, 1.54) is 23.3 Å². The van der Waals surface area contributed by atoms with Crippen LogP contribution in [0.4, 0.5) is 11.4 Å². The van der Waals surface area contributed by atoms with Crippen molar-refractivity contribution in [3.8, 4) is 0 Å². The number of carbonyl (C=O) groups is 3. The zero-order valence-electron chi connectivity index (χ0n) is 17.9. The molecule has 0 spiro atoms. The fourth-order valence-corrected chi connectivity index (χ4v) is 4.12. The highest BCUT2D eigenvalue weighted by Gasteiger charge is 2.37. The van der Waals surface area contributed by atoms with Crippen molar-refractivity contribution in [1.29, 1.82) is 0 Å². The quantitative estimate of drug-likeness (QED) is 0.365. The van der Waals surface area contributed by atoms with Gasteiger partial charge in [0.25, 0.3) is 17.5 Å². The Labute approximate surface area is 189 Å². The molecule has 174 valence electrons. The minimum atomic E-state index is -0.727. The molecule has 2 amide bonds. The molecule has 4 rings (SSSR count). The van der Waals surface area contributed by atoms with E-state index in [-0.39, 0.29) is 29.9 Å². The number of anilines is 1. The number of carbonyl (C=O) groups excluding carboxylic acids is 3. The summed E-state index contributed by atoms with van der Waals surface area (Å²) in [6.45, 7) is 2.06. The number of nitro benzene ring substituents is 1. The minimum absolute atomic E-state index is 0.0288. The van der Waals surface area contributed by atoms with Gasteiger partial charge < -0.3 is 23.9 Å². The third kappa shape index (κ3) is 4.97. The van der Waals surface area contributed by atoms with Gasteiger partial charge >= 0.3 is 5.97 Å². The van der Waals surface area contributed by atoms with E-state index in [0.717, 1.165) is 5.69 Å². The lowest BCUT2D eigenvalue weighted by molar-refractivity contribution is -0.384. The fourth-order valence-electron chi connectivity index (χ4n) is 4.12. The molecule has 2 aromatic rings. The molecule has 11 heteroatoms. The van der Waals surface area contributed by atoms with Gasteiger partial charge in [0.1, 0.15) is 6.04 Å². The Balaban J connectivity index is 1.25. The lowest BCUT2D eigenvalue weighted by Crippen LogP contribution is -2.50. The van der Waals surface area contributed by atoms with Gasteiger partial charge in [-0.05, 0) is 37.1 Å². The molecule has 1 unspecified atom stereocenters. The van der Waals surface area contributed by atoms with Gasteiger partial charge in [-0.15, -0.1) is 0 Å². The van der Waals surface area contributed by atoms with Crippen molar-refractivity contribution in [2.24, 2.45) is 0 Å². The summed E-state index contributed by atoms with van der Waals surface area (Å²) in [6, 6.07) is 8.71. The highest BCUT2D eigenvalue weighted by atomic mass is 16.6. The summed E-state index contributed by atoms with van der Waals surface area (Å²) >= 11 is 0. The number of non-ortho nitro benzene ring substituents is 1. The number of nitrogens with zero attached hydrogens (tertiary/aromatic N) is 4. The van der Waals surface area contributed by atoms with Crippen molar-refractivity contribution in [2.45, 2.75) is 18.9 Å². The summed E-state index contributed by atoms with van der Waals surface area (Å²) in [5.41, 5.74) is 0.878. The normalized spacial score (nSPS) is 18.3. The van der Waals surface area contributed by atoms with Gasteiger partial charge in [-0.25, -0.2) is 4.79 Å². The molecule has 1 atom stereocenters. The number of likely N-dealkylation sites (tertiary alicyclic amines) is 1. The number of rotatable bonds is 6. The number of furan rings is 1. The third-order valence-electron chi connectivity index (χ3n) is 5.91. The number of hydrogen-bond acceptors (Lipinski definition) is 8. The van der Waals surface area contributed by atoms with Crippen LogP contribution < -0.4 is 4.90 Å². The van der Waals surface area contributed by atoms with Crippen LogP contribution in [-0.2, 0) is 14.3 Å². The standard InChI is InChI=1S/C22H24N4O7/c27-20(24-12-10-23(11-13-24)16-5-7-17(8-6-16)26(30)31)15-33-22(29)18-3-1-9-25(18)21(28)19-4-2-14-32-19/h2,4-8,14,18H,1,3,9-13,15H2. The summed E-state index contributed by atoms with van der Waals surface area (Å²) < 4.78 is 10.4. The summed E-state index contributed by atoms with van der Waals surface area (Å²) in [6.07, 6.45) is 2.55. The molecule has 3 heterocycles. The predicted octanol–water partition coefficient (Wildman–Crippen LogP) is 1.68. The number of piperazine rings is 1. The first kappa shape index (κ1) is 22.3. The highest BCUT2D eigenvalue weighted by molar-refractivity contribution is 5.95. The largest absolute Gasteiger partial charge is 0.459 e. The van der Waals surface area contributed by atoms with Crippen LogP contribution in [-0.4, -0.2) is 77.9 Å². The van der Waals surface area contributed by atoms with Crippen molar-refractivity contribution < 1.29 is 28.5 Å². The van der Waals surface area contributed by atoms with Crippen molar-refractivity contribution in [3.05, 3.63) is 58.5 Å². The second-order valence-corrected chi connectivity index (χ2v) is 7.88. The van der Waals surface area contributed by atoms with Crippen molar-refractivity contribution in [1.82, 2.24) is 9.80 Å². The van der Waals surface area contributed by atoms with E-state index >= 15 is 0 Å². The smallest absolute Gasteiger partial charge is 0.329 e. The Kier molecular flexibility index (Phi) is 6.57. The summed E-state index contributed by atoms with van der Waals surface area (Å²) in [4.78, 5) is 53.0. The predicted molar refractivity (Wildman–Crippen MR) is 116 cm³/mol. The molecule has 0 radical (unpaired) electrons. The minimum Gasteiger partial charge on any atom is -0.459 e. The van der Waals surface area contributed by atoms with E-state index in [4.69, 9.17) is 9.15 Å². The molecule has 11 nitrogen and oxygen atoms in total. The molecule has 2 fully saturated rings. The molecule has 2 aliphatic rings. The number of ether oxygens (including phenoxy) is 1. The van der Waals surface area contributed by atoms with E-state index in [1.807, 2.05) is 4.90 Å². The Morgan fingerprint density at radius 3 is 2.42 bits per heavy atom. The van der Waals surface area contributed by atoms with E-state index in [0.29, 0.717) is 45.6 Å². The molecular formula is C22H24N4O7. The van der Waals surface area contributed by atoms with Crippen LogP contribution in [0.25, 0.3) is 0 Å². The van der Waals surface area contributed by atoms with Gasteiger partial charge in [-0.2, -0.15) is 0 Å². The molecule has 33 heavy (non-hydrogen) atoms. The van der Waals surface area contributed by atoms with Crippen LogP contribution in [0.15, 0.2) is 47.1 Å². The number of hydrogen-bond donors (Lipinski definition) is 0. The van der Waals surface area contributed by atoms with Crippen LogP contribution in [0.3, 0.4) is 0 Å². The molecule has 0 bridgehead atoms. The van der Waals surface area contributed by atoms with E-state index in [9.17, 15) is 24.5 Å². The average molecular weight is 456 g/mol. The Bertz CT molecular complexity index is 1010. The molecule has 2 saturated heterocycles. The third-order valence-corrected chi connectivity index (χ3v) is 5.91. The molecule has 1 aromatic carbocycles. The Morgan fingerprint density at radius 1 is 1.06 bits per heavy atom. The van der Waals surface area contributed by atoms with E-state index in [2.05, 4.69) is 0 Å². The van der Waals surface area contributed by atoms with Gasteiger partial charge in [0.15, 0.2) is 12.4 Å². The van der Waals surface area contributed by atoms with Crippen molar-refractivity contribution >= 4 is 29.2 Å². The molecule has 0 N–H and O–H groups in total. The van der Waals surface area contributed by atoms with Crippen LogP contribution in [0.2, 0.25) is 0 Å². The Hall–Kier alpha value is -3.89. The fraction of sp³-hybridized carbons (Fsp3) is 0.409. The topological polar surface area (TPSA) is 126 Å². The molecule has 1 aromatic heterocycles. The van der Waals surface area contributed by atoms with Crippen LogP contribution in [0.5, 0.6) is 0 Å². The second kappa shape index (κ2) is 9.72. The van der Waals surface area contributed by atoms with Gasteiger partial charge in [-0.1, -0.05) is 0 Å². The Morgan fingerprint density at radius 2 is 1.79 bits per heavy atom. The highest BCUT2D eigenvalue weighted by Crippen LogP contribution is 2.22. The van der Waals surface area contributed by atoms with Crippen LogP contribution in [0.1, 0.15) is 23.4 Å². The number of esters is 1. The first-order valence-corrected chi connectivity index (χ1v) is 10.7. The van der Waals surface area contributed by atoms with E-state index < -0.39 is 16.9 Å². The summed E-state index contributed by atoms with van der Waals surface area (Å²) in [5.74, 6) is -1.09. The van der Waals surface area contributed by atoms with Gasteiger partial charge in [0.2, 0.25) is 0 Å². The maximum absolute atomic E-state index is 12.6. The van der Waals surface area contributed by atoms with Gasteiger partial charge in [0.05, 0.1) is 11.2 Å². The first-order valence-electron chi connectivity index (χ1n) is 10.7. The zero-order chi connectivity index (χ0) is 23.4. The first-order chi connectivity index (χ1) is 15.9. The number of amides is 2.